The van der Waals surface area contributed by atoms with Gasteiger partial charge in [-0.15, -0.1) is 18.3 Å². The van der Waals surface area contributed by atoms with Gasteiger partial charge in [-0.1, -0.05) is 0 Å². The van der Waals surface area contributed by atoms with Crippen LogP contribution in [-0.2, 0) is 0 Å². The number of hydrogen-bond donors (Lipinski definition) is 0. The molecule has 0 saturated heterocycles. The Hall–Kier alpha value is -1.40. The summed E-state index contributed by atoms with van der Waals surface area (Å²) in [6.45, 7) is 1.40. The van der Waals surface area contributed by atoms with E-state index in [4.69, 9.17) is 0 Å². The first-order valence-corrected chi connectivity index (χ1v) is 3.14. The Balaban J connectivity index is 2.90. The highest BCUT2D eigenvalue weighted by molar-refractivity contribution is 5.13. The lowest BCUT2D eigenvalue weighted by atomic mass is 10.4. The molecule has 0 fully saturated rings. The molecular formula is C6H4F4N2O. The van der Waals surface area contributed by atoms with Crippen LogP contribution >= 0.6 is 0 Å². The van der Waals surface area contributed by atoms with E-state index in [2.05, 4.69) is 14.9 Å². The summed E-state index contributed by atoms with van der Waals surface area (Å²) >= 11 is 0. The van der Waals surface area contributed by atoms with Crippen molar-refractivity contribution in [1.82, 2.24) is 10.2 Å². The van der Waals surface area contributed by atoms with Crippen molar-refractivity contribution >= 4 is 0 Å². The van der Waals surface area contributed by atoms with Gasteiger partial charge in [-0.05, 0) is 6.92 Å². The lowest BCUT2D eigenvalue weighted by Crippen LogP contribution is -2.19. The number of rotatable bonds is 1. The number of ether oxygens (including phenoxy) is 1. The molecule has 3 nitrogen and oxygen atoms in total. The lowest BCUT2D eigenvalue weighted by Gasteiger charge is -2.07. The average Bonchev–Trinajstić information content (AvgIpc) is 1.93. The maximum atomic E-state index is 12.7. The normalized spacial score (nSPS) is 11.5. The molecule has 7 heteroatoms. The van der Waals surface area contributed by atoms with Crippen molar-refractivity contribution in [2.75, 3.05) is 0 Å². The second kappa shape index (κ2) is 3.15. The molecule has 0 aliphatic heterocycles. The minimum atomic E-state index is -4.95. The molecule has 0 aliphatic rings. The van der Waals surface area contributed by atoms with Gasteiger partial charge in [0.15, 0.2) is 5.82 Å². The molecule has 0 aromatic carbocycles. The van der Waals surface area contributed by atoms with Crippen molar-refractivity contribution in [3.63, 3.8) is 0 Å². The zero-order chi connectivity index (χ0) is 10.1. The van der Waals surface area contributed by atoms with E-state index in [9.17, 15) is 17.6 Å². The molecule has 0 atom stereocenters. The lowest BCUT2D eigenvalue weighted by molar-refractivity contribution is -0.277. The van der Waals surface area contributed by atoms with E-state index in [0.717, 1.165) is 6.07 Å². The Bertz CT molecular complexity index is 312. The van der Waals surface area contributed by atoms with Gasteiger partial charge in [0.1, 0.15) is 0 Å². The molecule has 0 radical (unpaired) electrons. The predicted octanol–water partition coefficient (Wildman–Crippen LogP) is 1.82. The van der Waals surface area contributed by atoms with Crippen molar-refractivity contribution in [3.05, 3.63) is 17.6 Å². The van der Waals surface area contributed by atoms with Gasteiger partial charge in [-0.3, -0.25) is 0 Å². The number of hydrogen-bond acceptors (Lipinski definition) is 3. The van der Waals surface area contributed by atoms with Gasteiger partial charge in [0.25, 0.3) is 5.88 Å². The molecule has 1 aromatic rings. The first-order valence-electron chi connectivity index (χ1n) is 3.14. The van der Waals surface area contributed by atoms with Crippen molar-refractivity contribution in [3.8, 4) is 5.88 Å². The quantitative estimate of drug-likeness (QED) is 0.642. The molecule has 1 heterocycles. The van der Waals surface area contributed by atoms with Crippen molar-refractivity contribution < 1.29 is 22.3 Å². The maximum absolute atomic E-state index is 12.7. The minimum Gasteiger partial charge on any atom is -0.383 e. The third-order valence-corrected chi connectivity index (χ3v) is 1.05. The third kappa shape index (κ3) is 2.85. The molecule has 0 N–H and O–H groups in total. The summed E-state index contributed by atoms with van der Waals surface area (Å²) in [4.78, 5) is 0. The number of aromatic nitrogens is 2. The summed E-state index contributed by atoms with van der Waals surface area (Å²) in [5.74, 6) is -2.36. The molecule has 0 saturated carbocycles. The number of halogens is 4. The molecule has 0 spiro atoms. The van der Waals surface area contributed by atoms with Gasteiger partial charge in [-0.2, -0.15) is 5.10 Å². The van der Waals surface area contributed by atoms with Gasteiger partial charge >= 0.3 is 6.36 Å². The maximum Gasteiger partial charge on any atom is 0.574 e. The molecule has 1 rings (SSSR count). The topological polar surface area (TPSA) is 35.0 Å². The molecule has 1 aromatic heterocycles. The zero-order valence-corrected chi connectivity index (χ0v) is 6.39. The summed E-state index contributed by atoms with van der Waals surface area (Å²) in [6.07, 6.45) is -4.95. The number of aryl methyl sites for hydroxylation is 1. The summed E-state index contributed by atoms with van der Waals surface area (Å²) in [5, 5.41) is 6.11. The van der Waals surface area contributed by atoms with E-state index in [1.54, 1.807) is 0 Å². The second-order valence-corrected chi connectivity index (χ2v) is 2.19. The van der Waals surface area contributed by atoms with Crippen LogP contribution < -0.4 is 4.74 Å². The molecule has 0 unspecified atom stereocenters. The van der Waals surface area contributed by atoms with Gasteiger partial charge in [0, 0.05) is 6.07 Å². The van der Waals surface area contributed by atoms with Gasteiger partial charge in [0.05, 0.1) is 5.69 Å². The van der Waals surface area contributed by atoms with Crippen LogP contribution in [-0.4, -0.2) is 16.6 Å². The van der Waals surface area contributed by atoms with Crippen LogP contribution in [0.1, 0.15) is 5.69 Å². The fourth-order valence-corrected chi connectivity index (χ4v) is 0.625. The van der Waals surface area contributed by atoms with Crippen molar-refractivity contribution in [2.24, 2.45) is 0 Å². The van der Waals surface area contributed by atoms with Crippen LogP contribution in [0.5, 0.6) is 5.88 Å². The first kappa shape index (κ1) is 9.69. The molecule has 72 valence electrons. The van der Waals surface area contributed by atoms with Crippen LogP contribution in [0.25, 0.3) is 0 Å². The molecule has 0 amide bonds. The smallest absolute Gasteiger partial charge is 0.383 e. The standard InChI is InChI=1S/C6H4F4N2O/c1-3-2-4(7)5(12-11-3)13-6(8,9)10/h2H,1H3. The van der Waals surface area contributed by atoms with E-state index in [1.165, 1.54) is 6.92 Å². The van der Waals surface area contributed by atoms with Crippen LogP contribution in [0.3, 0.4) is 0 Å². The van der Waals surface area contributed by atoms with Crippen molar-refractivity contribution in [1.29, 1.82) is 0 Å². The van der Waals surface area contributed by atoms with Gasteiger partial charge < -0.3 is 4.74 Å². The molecule has 13 heavy (non-hydrogen) atoms. The highest BCUT2D eigenvalue weighted by atomic mass is 19.4. The Morgan fingerprint density at radius 1 is 1.31 bits per heavy atom. The largest absolute Gasteiger partial charge is 0.574 e. The summed E-state index contributed by atoms with van der Waals surface area (Å²) < 4.78 is 50.6. The summed E-state index contributed by atoms with van der Waals surface area (Å²) in [5.41, 5.74) is 0.173. The fourth-order valence-electron chi connectivity index (χ4n) is 0.625. The van der Waals surface area contributed by atoms with Crippen LogP contribution in [0.15, 0.2) is 6.07 Å². The van der Waals surface area contributed by atoms with Crippen molar-refractivity contribution in [2.45, 2.75) is 13.3 Å². The Morgan fingerprint density at radius 3 is 2.38 bits per heavy atom. The fraction of sp³-hybridized carbons (Fsp3) is 0.333. The average molecular weight is 196 g/mol. The van der Waals surface area contributed by atoms with Crippen LogP contribution in [0, 0.1) is 12.7 Å². The Morgan fingerprint density at radius 2 is 1.92 bits per heavy atom. The van der Waals surface area contributed by atoms with E-state index >= 15 is 0 Å². The summed E-state index contributed by atoms with van der Waals surface area (Å²) in [6, 6.07) is 0.800. The first-order chi connectivity index (χ1) is 5.88. The van der Waals surface area contributed by atoms with E-state index in [1.807, 2.05) is 0 Å². The van der Waals surface area contributed by atoms with Gasteiger partial charge in [-0.25, -0.2) is 4.39 Å². The monoisotopic (exact) mass is 196 g/mol. The molecular weight excluding hydrogens is 192 g/mol. The van der Waals surface area contributed by atoms with E-state index < -0.39 is 18.1 Å². The van der Waals surface area contributed by atoms with Crippen LogP contribution in [0.4, 0.5) is 17.6 Å². The zero-order valence-electron chi connectivity index (χ0n) is 6.39. The second-order valence-electron chi connectivity index (χ2n) is 2.19. The summed E-state index contributed by atoms with van der Waals surface area (Å²) in [7, 11) is 0. The van der Waals surface area contributed by atoms with Gasteiger partial charge in [0.2, 0.25) is 0 Å². The highest BCUT2D eigenvalue weighted by Gasteiger charge is 2.33. The Kier molecular flexibility index (Phi) is 2.35. The molecule has 0 bridgehead atoms. The number of alkyl halides is 3. The Labute approximate surface area is 70.3 Å². The SMILES string of the molecule is Cc1cc(F)c(OC(F)(F)F)nn1. The van der Waals surface area contributed by atoms with Crippen LogP contribution in [0.2, 0.25) is 0 Å². The highest BCUT2D eigenvalue weighted by Crippen LogP contribution is 2.22. The molecule has 0 aliphatic carbocycles. The predicted molar refractivity (Wildman–Crippen MR) is 33.4 cm³/mol. The van der Waals surface area contributed by atoms with E-state index in [0.29, 0.717) is 0 Å². The minimum absolute atomic E-state index is 0.173. The number of nitrogens with zero attached hydrogens (tertiary/aromatic N) is 2. The van der Waals surface area contributed by atoms with E-state index in [-0.39, 0.29) is 5.69 Å². The third-order valence-electron chi connectivity index (χ3n) is 1.05.